The van der Waals surface area contributed by atoms with Gasteiger partial charge in [0.15, 0.2) is 0 Å². The summed E-state index contributed by atoms with van der Waals surface area (Å²) >= 11 is 0. The zero-order chi connectivity index (χ0) is 33.0. The van der Waals surface area contributed by atoms with Crippen molar-refractivity contribution in [1.82, 2.24) is 0 Å². The zero-order valence-corrected chi connectivity index (χ0v) is 27.1. The maximum absolute atomic E-state index is 6.21. The molecule has 10 rings (SSSR count). The third-order valence-corrected chi connectivity index (χ3v) is 11.9. The van der Waals surface area contributed by atoms with Gasteiger partial charge in [-0.2, -0.15) is 0 Å². The molecule has 0 spiro atoms. The van der Waals surface area contributed by atoms with Crippen LogP contribution in [0.1, 0.15) is 83.0 Å². The van der Waals surface area contributed by atoms with Gasteiger partial charge in [0.05, 0.1) is 0 Å². The van der Waals surface area contributed by atoms with Crippen LogP contribution in [0.3, 0.4) is 0 Å². The minimum Gasteiger partial charge on any atom is -0.115 e. The molecule has 0 radical (unpaired) electrons. The first kappa shape index (κ1) is 29.7. The smallest absolute Gasteiger partial charge is 0.0280 e. The number of fused-ring (bicyclic) bond motifs is 1. The Morgan fingerprint density at radius 1 is 0.312 bits per heavy atom. The van der Waals surface area contributed by atoms with Crippen molar-refractivity contribution in [2.45, 2.75) is 60.2 Å². The van der Waals surface area contributed by atoms with E-state index in [2.05, 4.69) is 145 Å². The lowest BCUT2D eigenvalue weighted by molar-refractivity contribution is -0.0694. The van der Waals surface area contributed by atoms with E-state index in [0.717, 1.165) is 60.8 Å². The Kier molecular flexibility index (Phi) is 6.79. The molecule has 4 fully saturated rings. The van der Waals surface area contributed by atoms with Gasteiger partial charge in [-0.25, -0.2) is 0 Å². The van der Waals surface area contributed by atoms with Crippen molar-refractivity contribution in [2.75, 3.05) is 0 Å². The second kappa shape index (κ2) is 11.0. The second-order valence-electron chi connectivity index (χ2n) is 14.5. The summed E-state index contributed by atoms with van der Waals surface area (Å²) in [4.78, 5) is 0. The maximum Gasteiger partial charge on any atom is 0.0280 e. The Morgan fingerprint density at radius 2 is 0.521 bits per heavy atom. The van der Waals surface area contributed by atoms with Gasteiger partial charge in [-0.05, 0) is 118 Å². The van der Waals surface area contributed by atoms with Crippen LogP contribution >= 0.6 is 0 Å². The van der Waals surface area contributed by atoms with Crippen molar-refractivity contribution in [1.29, 1.82) is 0 Å². The molecule has 0 aromatic heterocycles. The molecule has 0 nitrogen and oxygen atoms in total. The Bertz CT molecular complexity index is 1910. The molecule has 4 saturated carbocycles. The van der Waals surface area contributed by atoms with Gasteiger partial charge in [0.25, 0.3) is 0 Å². The molecule has 0 saturated heterocycles. The molecule has 228 valence electrons. The van der Waals surface area contributed by atoms with Crippen LogP contribution in [0.5, 0.6) is 0 Å². The number of benzene rings is 5. The topological polar surface area (TPSA) is 0 Å². The number of rotatable bonds is 4. The quantitative estimate of drug-likeness (QED) is 0.174. The van der Waals surface area contributed by atoms with Crippen molar-refractivity contribution in [3.05, 3.63) is 166 Å². The Morgan fingerprint density at radius 3 is 0.688 bits per heavy atom. The van der Waals surface area contributed by atoms with E-state index in [1.165, 1.54) is 33.4 Å². The molecular weight excluding hydrogens is 577 g/mol. The van der Waals surface area contributed by atoms with Crippen molar-refractivity contribution in [3.63, 3.8) is 0 Å². The highest BCUT2D eigenvalue weighted by Gasteiger charge is 2.70. The maximum atomic E-state index is 6.21. The van der Waals surface area contributed by atoms with Gasteiger partial charge >= 0.3 is 0 Å². The van der Waals surface area contributed by atoms with Crippen LogP contribution in [0.15, 0.2) is 121 Å². The highest BCUT2D eigenvalue weighted by molar-refractivity contribution is 5.75. The van der Waals surface area contributed by atoms with Gasteiger partial charge in [0, 0.05) is 22.3 Å². The lowest BCUT2D eigenvalue weighted by atomic mass is 9.31. The summed E-state index contributed by atoms with van der Waals surface area (Å²) in [6, 6.07) is 42.7. The van der Waals surface area contributed by atoms with Crippen LogP contribution in [0.25, 0.3) is 11.1 Å². The first-order valence-electron chi connectivity index (χ1n) is 16.8. The van der Waals surface area contributed by atoms with Gasteiger partial charge < -0.3 is 0 Å². The fourth-order valence-corrected chi connectivity index (χ4v) is 10.7. The molecule has 48 heavy (non-hydrogen) atoms. The predicted molar refractivity (Wildman–Crippen MR) is 197 cm³/mol. The first-order valence-corrected chi connectivity index (χ1v) is 16.8. The van der Waals surface area contributed by atoms with Crippen LogP contribution in [0, 0.1) is 49.4 Å². The summed E-state index contributed by atoms with van der Waals surface area (Å²) in [5.74, 6) is 12.2. The van der Waals surface area contributed by atoms with Crippen molar-refractivity contribution in [2.24, 2.45) is 0 Å². The number of hydrogen-bond acceptors (Lipinski definition) is 0. The van der Waals surface area contributed by atoms with E-state index >= 15 is 0 Å². The standard InChI is InChI=1S/C42H32.C6H4/c1-5-31-17-9-13-21-35(31)39-25-40(36-22-14-10-18-32(36)6-2)28-41(26-39,37-23-15-11-19-33(37)7-3)30-42(27-39,29-40)38-24-16-12-20-34(38)8-4;1-2-6-4-3-5(1)6/h1-4,9-24H,25-30H2;1-4H. The molecule has 0 amide bonds. The van der Waals surface area contributed by atoms with Gasteiger partial charge in [-0.15, -0.1) is 25.7 Å². The van der Waals surface area contributed by atoms with Gasteiger partial charge in [-0.1, -0.05) is 121 Å². The predicted octanol–water partition coefficient (Wildman–Crippen LogP) is 9.71. The Hall–Kier alpha value is -5.66. The molecule has 0 heterocycles. The van der Waals surface area contributed by atoms with E-state index in [-0.39, 0.29) is 21.7 Å². The van der Waals surface area contributed by atoms with Crippen molar-refractivity contribution < 1.29 is 0 Å². The van der Waals surface area contributed by atoms with Crippen molar-refractivity contribution >= 4 is 0 Å². The van der Waals surface area contributed by atoms with E-state index < -0.39 is 0 Å². The third-order valence-electron chi connectivity index (χ3n) is 11.9. The van der Waals surface area contributed by atoms with E-state index in [9.17, 15) is 0 Å². The monoisotopic (exact) mass is 612 g/mol. The lowest BCUT2D eigenvalue weighted by Gasteiger charge is -2.72. The van der Waals surface area contributed by atoms with E-state index in [0.29, 0.717) is 0 Å². The average Bonchev–Trinajstić information content (AvgIpc) is 3.12. The summed E-state index contributed by atoms with van der Waals surface area (Å²) < 4.78 is 0. The molecule has 4 aromatic carbocycles. The molecule has 0 atom stereocenters. The molecule has 0 N–H and O–H groups in total. The third kappa shape index (κ3) is 4.31. The summed E-state index contributed by atoms with van der Waals surface area (Å²) in [6.45, 7) is 0. The summed E-state index contributed by atoms with van der Waals surface area (Å²) in [6.07, 6.45) is 30.7. The Labute approximate surface area is 285 Å². The van der Waals surface area contributed by atoms with Gasteiger partial charge in [-0.3, -0.25) is 0 Å². The van der Waals surface area contributed by atoms with Crippen LogP contribution in [0.4, 0.5) is 0 Å². The minimum atomic E-state index is -0.192. The zero-order valence-electron chi connectivity index (χ0n) is 27.1. The molecule has 6 aliphatic carbocycles. The normalized spacial score (nSPS) is 26.5. The molecule has 0 heteroatoms. The Balaban J connectivity index is 0.000000499. The molecular formula is C48H36. The van der Waals surface area contributed by atoms with Crippen LogP contribution < -0.4 is 0 Å². The highest BCUT2D eigenvalue weighted by atomic mass is 14.7. The fourth-order valence-electron chi connectivity index (χ4n) is 10.7. The average molecular weight is 613 g/mol. The number of terminal acetylenes is 4. The van der Waals surface area contributed by atoms with Crippen LogP contribution in [-0.4, -0.2) is 0 Å². The van der Waals surface area contributed by atoms with E-state index in [4.69, 9.17) is 25.7 Å². The lowest BCUT2D eigenvalue weighted by Crippen LogP contribution is -2.67. The van der Waals surface area contributed by atoms with Crippen LogP contribution in [-0.2, 0) is 21.7 Å². The number of hydrogen-bond donors (Lipinski definition) is 0. The van der Waals surface area contributed by atoms with E-state index in [1.807, 2.05) is 0 Å². The summed E-state index contributed by atoms with van der Waals surface area (Å²) in [7, 11) is 0. The first-order chi connectivity index (χ1) is 23.4. The molecule has 0 unspecified atom stereocenters. The minimum absolute atomic E-state index is 0.192. The molecule has 0 aliphatic heterocycles. The summed E-state index contributed by atoms with van der Waals surface area (Å²) in [5.41, 5.74) is 11.0. The molecule has 6 aliphatic rings. The highest BCUT2D eigenvalue weighted by Crippen LogP contribution is 2.75. The van der Waals surface area contributed by atoms with Crippen LogP contribution in [0.2, 0.25) is 0 Å². The molecule has 4 bridgehead atoms. The van der Waals surface area contributed by atoms with Crippen molar-refractivity contribution in [3.8, 4) is 60.5 Å². The summed E-state index contributed by atoms with van der Waals surface area (Å²) in [5, 5.41) is 0. The fraction of sp³-hybridized carbons (Fsp3) is 0.208. The SMILES string of the molecule is C#Cc1ccccc1C12CC3(c4ccccc4C#C)CC(c4ccccc4C#C)(C1)CC(c1ccccc1C#C)(C2)C3.c1cc2ccc1-2. The second-order valence-corrected chi connectivity index (χ2v) is 14.5. The largest absolute Gasteiger partial charge is 0.115 e. The van der Waals surface area contributed by atoms with Gasteiger partial charge in [0.2, 0.25) is 0 Å². The van der Waals surface area contributed by atoms with E-state index in [1.54, 1.807) is 0 Å². The van der Waals surface area contributed by atoms with Gasteiger partial charge in [0.1, 0.15) is 0 Å². The molecule has 4 aromatic rings.